The average molecular weight is 203 g/mol. The lowest BCUT2D eigenvalue weighted by atomic mass is 10.1. The van der Waals surface area contributed by atoms with Gasteiger partial charge in [-0.2, -0.15) is 0 Å². The molecule has 0 bridgehead atoms. The van der Waals surface area contributed by atoms with E-state index in [2.05, 4.69) is 0 Å². The number of fused-ring (bicyclic) bond motifs is 1. The Labute approximate surface area is 88.4 Å². The molecule has 2 aromatic carbocycles. The molecular weight excluding hydrogens is 190 g/mol. The molecule has 0 aromatic heterocycles. The third-order valence-electron chi connectivity index (χ3n) is 2.41. The molecule has 2 aromatic rings. The van der Waals surface area contributed by atoms with Crippen molar-refractivity contribution in [2.24, 2.45) is 0 Å². The lowest BCUT2D eigenvalue weighted by molar-refractivity contribution is 0.413. The van der Waals surface area contributed by atoms with Crippen LogP contribution in [-0.2, 0) is 0 Å². The largest absolute Gasteiger partial charge is 0.497 e. The van der Waals surface area contributed by atoms with Crippen molar-refractivity contribution in [3.8, 4) is 11.5 Å². The van der Waals surface area contributed by atoms with E-state index in [1.807, 2.05) is 30.3 Å². The average Bonchev–Trinajstić information content (AvgIpc) is 2.28. The second-order valence-corrected chi connectivity index (χ2v) is 3.28. The van der Waals surface area contributed by atoms with Gasteiger partial charge in [-0.1, -0.05) is 12.1 Å². The summed E-state index contributed by atoms with van der Waals surface area (Å²) in [6, 6.07) is 9.62. The first-order valence-corrected chi connectivity index (χ1v) is 4.66. The molecule has 0 saturated carbocycles. The maximum atomic E-state index is 5.82. The van der Waals surface area contributed by atoms with Crippen molar-refractivity contribution in [3.63, 3.8) is 0 Å². The SMILES string of the molecule is COc1ccc2ccc(N)c(OC)c2c1. The minimum atomic E-state index is 0.637. The fourth-order valence-electron chi connectivity index (χ4n) is 1.64. The molecule has 2 N–H and O–H groups in total. The maximum Gasteiger partial charge on any atom is 0.149 e. The van der Waals surface area contributed by atoms with E-state index in [0.29, 0.717) is 11.4 Å². The van der Waals surface area contributed by atoms with E-state index >= 15 is 0 Å². The van der Waals surface area contributed by atoms with E-state index in [1.54, 1.807) is 14.2 Å². The van der Waals surface area contributed by atoms with Gasteiger partial charge in [-0.15, -0.1) is 0 Å². The highest BCUT2D eigenvalue weighted by Crippen LogP contribution is 2.33. The first-order chi connectivity index (χ1) is 7.26. The Balaban J connectivity index is 2.76. The van der Waals surface area contributed by atoms with Gasteiger partial charge in [0.2, 0.25) is 0 Å². The number of anilines is 1. The summed E-state index contributed by atoms with van der Waals surface area (Å²) < 4.78 is 10.4. The van der Waals surface area contributed by atoms with Crippen molar-refractivity contribution in [2.75, 3.05) is 20.0 Å². The Morgan fingerprint density at radius 3 is 2.40 bits per heavy atom. The zero-order chi connectivity index (χ0) is 10.8. The fourth-order valence-corrected chi connectivity index (χ4v) is 1.64. The van der Waals surface area contributed by atoms with Gasteiger partial charge in [-0.05, 0) is 23.6 Å². The molecule has 3 heteroatoms. The number of nitrogens with two attached hydrogens (primary N) is 1. The minimum absolute atomic E-state index is 0.637. The zero-order valence-corrected chi connectivity index (χ0v) is 8.78. The molecule has 0 fully saturated rings. The summed E-state index contributed by atoms with van der Waals surface area (Å²) in [7, 11) is 3.25. The van der Waals surface area contributed by atoms with Gasteiger partial charge < -0.3 is 15.2 Å². The normalized spacial score (nSPS) is 10.3. The number of ether oxygens (including phenoxy) is 2. The third-order valence-corrected chi connectivity index (χ3v) is 2.41. The highest BCUT2D eigenvalue weighted by atomic mass is 16.5. The summed E-state index contributed by atoms with van der Waals surface area (Å²) >= 11 is 0. The minimum Gasteiger partial charge on any atom is -0.497 e. The van der Waals surface area contributed by atoms with Crippen LogP contribution in [0.15, 0.2) is 30.3 Å². The van der Waals surface area contributed by atoms with E-state index < -0.39 is 0 Å². The van der Waals surface area contributed by atoms with E-state index in [1.165, 1.54) is 0 Å². The van der Waals surface area contributed by atoms with Crippen molar-refractivity contribution < 1.29 is 9.47 Å². The molecular formula is C12H13NO2. The molecule has 15 heavy (non-hydrogen) atoms. The van der Waals surface area contributed by atoms with Crippen LogP contribution < -0.4 is 15.2 Å². The highest BCUT2D eigenvalue weighted by Gasteiger charge is 2.06. The van der Waals surface area contributed by atoms with Crippen molar-refractivity contribution in [1.29, 1.82) is 0 Å². The highest BCUT2D eigenvalue weighted by molar-refractivity contribution is 5.93. The first kappa shape index (κ1) is 9.65. The molecule has 0 aliphatic heterocycles. The Morgan fingerprint density at radius 2 is 1.73 bits per heavy atom. The van der Waals surface area contributed by atoms with Crippen molar-refractivity contribution in [1.82, 2.24) is 0 Å². The van der Waals surface area contributed by atoms with Crippen LogP contribution in [-0.4, -0.2) is 14.2 Å². The van der Waals surface area contributed by atoms with Gasteiger partial charge in [-0.25, -0.2) is 0 Å². The maximum absolute atomic E-state index is 5.82. The second-order valence-electron chi connectivity index (χ2n) is 3.28. The quantitative estimate of drug-likeness (QED) is 0.762. The fraction of sp³-hybridized carbons (Fsp3) is 0.167. The van der Waals surface area contributed by atoms with Crippen LogP contribution in [0.4, 0.5) is 5.69 Å². The summed E-state index contributed by atoms with van der Waals surface area (Å²) in [5.74, 6) is 1.50. The molecule has 0 heterocycles. The van der Waals surface area contributed by atoms with Gasteiger partial charge in [0, 0.05) is 5.39 Å². The molecule has 0 amide bonds. The second kappa shape index (κ2) is 3.69. The lowest BCUT2D eigenvalue weighted by Gasteiger charge is -2.09. The van der Waals surface area contributed by atoms with Gasteiger partial charge in [0.05, 0.1) is 19.9 Å². The van der Waals surface area contributed by atoms with Crippen molar-refractivity contribution >= 4 is 16.5 Å². The van der Waals surface area contributed by atoms with Crippen molar-refractivity contribution in [2.45, 2.75) is 0 Å². The molecule has 0 aliphatic rings. The summed E-state index contributed by atoms with van der Waals surface area (Å²) in [5.41, 5.74) is 6.46. The zero-order valence-electron chi connectivity index (χ0n) is 8.78. The third kappa shape index (κ3) is 1.56. The van der Waals surface area contributed by atoms with Crippen LogP contribution in [0.25, 0.3) is 10.8 Å². The number of hydrogen-bond acceptors (Lipinski definition) is 3. The summed E-state index contributed by atoms with van der Waals surface area (Å²) in [6.45, 7) is 0. The molecule has 0 unspecified atom stereocenters. The summed E-state index contributed by atoms with van der Waals surface area (Å²) in [6.07, 6.45) is 0. The number of nitrogen functional groups attached to an aromatic ring is 1. The summed E-state index contributed by atoms with van der Waals surface area (Å²) in [4.78, 5) is 0. The predicted molar refractivity (Wildman–Crippen MR) is 61.5 cm³/mol. The Kier molecular flexibility index (Phi) is 2.37. The van der Waals surface area contributed by atoms with Gasteiger partial charge >= 0.3 is 0 Å². The van der Waals surface area contributed by atoms with Gasteiger partial charge in [0.15, 0.2) is 0 Å². The molecule has 0 atom stereocenters. The van der Waals surface area contributed by atoms with Crippen molar-refractivity contribution in [3.05, 3.63) is 30.3 Å². The van der Waals surface area contributed by atoms with Crippen LogP contribution >= 0.6 is 0 Å². The molecule has 0 aliphatic carbocycles. The number of benzene rings is 2. The Hall–Kier alpha value is -1.90. The molecule has 0 radical (unpaired) electrons. The standard InChI is InChI=1S/C12H13NO2/c1-14-9-5-3-8-4-6-11(13)12(15-2)10(8)7-9/h3-7H,13H2,1-2H3. The van der Waals surface area contributed by atoms with Gasteiger partial charge in [0.1, 0.15) is 11.5 Å². The van der Waals surface area contributed by atoms with Crippen LogP contribution in [0.5, 0.6) is 11.5 Å². The van der Waals surface area contributed by atoms with Crippen LogP contribution in [0.1, 0.15) is 0 Å². The number of methoxy groups -OCH3 is 2. The van der Waals surface area contributed by atoms with E-state index in [-0.39, 0.29) is 0 Å². The van der Waals surface area contributed by atoms with Gasteiger partial charge in [-0.3, -0.25) is 0 Å². The van der Waals surface area contributed by atoms with E-state index in [0.717, 1.165) is 16.5 Å². The molecule has 78 valence electrons. The van der Waals surface area contributed by atoms with Gasteiger partial charge in [0.25, 0.3) is 0 Å². The van der Waals surface area contributed by atoms with Crippen LogP contribution in [0.2, 0.25) is 0 Å². The number of rotatable bonds is 2. The molecule has 3 nitrogen and oxygen atoms in total. The van der Waals surface area contributed by atoms with Crippen LogP contribution in [0, 0.1) is 0 Å². The predicted octanol–water partition coefficient (Wildman–Crippen LogP) is 2.44. The van der Waals surface area contributed by atoms with E-state index in [9.17, 15) is 0 Å². The topological polar surface area (TPSA) is 44.5 Å². The summed E-state index contributed by atoms with van der Waals surface area (Å²) in [5, 5.41) is 2.05. The molecule has 2 rings (SSSR count). The molecule has 0 saturated heterocycles. The molecule has 0 spiro atoms. The lowest BCUT2D eigenvalue weighted by Crippen LogP contribution is -1.93. The number of hydrogen-bond donors (Lipinski definition) is 1. The Morgan fingerprint density at radius 1 is 1.00 bits per heavy atom. The van der Waals surface area contributed by atoms with Crippen LogP contribution in [0.3, 0.4) is 0 Å². The monoisotopic (exact) mass is 203 g/mol. The van der Waals surface area contributed by atoms with E-state index in [4.69, 9.17) is 15.2 Å². The Bertz CT molecular complexity index is 494. The smallest absolute Gasteiger partial charge is 0.149 e. The first-order valence-electron chi connectivity index (χ1n) is 4.66.